The quantitative estimate of drug-likeness (QED) is 0.447. The highest BCUT2D eigenvalue weighted by atomic mass is 15.1. The number of aromatic nitrogens is 3. The van der Waals surface area contributed by atoms with Gasteiger partial charge in [0.25, 0.3) is 0 Å². The molecule has 4 nitrogen and oxygen atoms in total. The topological polar surface area (TPSA) is 42.2 Å². The van der Waals surface area contributed by atoms with Gasteiger partial charge < -0.3 is 9.72 Å². The summed E-state index contributed by atoms with van der Waals surface area (Å²) in [5.74, 6) is 1.26. The maximum atomic E-state index is 4.94. The number of hydrogen-bond acceptors (Lipinski definition) is 3. The zero-order valence-electron chi connectivity index (χ0n) is 18.8. The van der Waals surface area contributed by atoms with Gasteiger partial charge >= 0.3 is 0 Å². The Hall–Kier alpha value is -3.40. The first kappa shape index (κ1) is 20.9. The zero-order chi connectivity index (χ0) is 21.8. The molecule has 0 fully saturated rings. The molecule has 0 amide bonds. The summed E-state index contributed by atoms with van der Waals surface area (Å²) >= 11 is 0. The largest absolute Gasteiger partial charge is 0.337 e. The summed E-state index contributed by atoms with van der Waals surface area (Å²) in [5.41, 5.74) is 5.15. The summed E-state index contributed by atoms with van der Waals surface area (Å²) in [7, 11) is 0. The molecule has 0 aliphatic rings. The van der Waals surface area contributed by atoms with E-state index >= 15 is 0 Å². The van der Waals surface area contributed by atoms with Gasteiger partial charge in [-0.15, -0.1) is 0 Å². The van der Waals surface area contributed by atoms with Gasteiger partial charge in [0.05, 0.1) is 5.69 Å². The average Bonchev–Trinajstić information content (AvgIpc) is 3.27. The van der Waals surface area contributed by atoms with E-state index < -0.39 is 0 Å². The van der Waals surface area contributed by atoms with Crippen LogP contribution in [0.1, 0.15) is 52.0 Å². The van der Waals surface area contributed by atoms with Crippen molar-refractivity contribution in [3.63, 3.8) is 0 Å². The highest BCUT2D eigenvalue weighted by molar-refractivity contribution is 5.73. The summed E-state index contributed by atoms with van der Waals surface area (Å²) in [4.78, 5) is 9.45. The van der Waals surface area contributed by atoms with Gasteiger partial charge in [-0.25, -0.2) is 9.97 Å². The third-order valence-electron chi connectivity index (χ3n) is 5.56. The fourth-order valence-corrected chi connectivity index (χ4v) is 3.71. The van der Waals surface area contributed by atoms with E-state index in [2.05, 4.69) is 92.6 Å². The van der Waals surface area contributed by atoms with E-state index in [0.717, 1.165) is 41.3 Å². The Morgan fingerprint density at radius 2 is 1.87 bits per heavy atom. The van der Waals surface area contributed by atoms with Crippen molar-refractivity contribution in [1.82, 2.24) is 14.4 Å². The molecular formula is C27H30N4. The van der Waals surface area contributed by atoms with Crippen molar-refractivity contribution in [1.29, 1.82) is 0 Å². The number of hydrogen-bond donors (Lipinski definition) is 1. The molecule has 2 aromatic carbocycles. The van der Waals surface area contributed by atoms with Crippen LogP contribution in [0, 0.1) is 0 Å². The Balaban J connectivity index is 1.75. The number of fused-ring (bicyclic) bond motifs is 1. The van der Waals surface area contributed by atoms with Crippen molar-refractivity contribution < 1.29 is 0 Å². The Morgan fingerprint density at radius 1 is 1.06 bits per heavy atom. The predicted molar refractivity (Wildman–Crippen MR) is 131 cm³/mol. The van der Waals surface area contributed by atoms with Crippen molar-refractivity contribution >= 4 is 29.3 Å². The van der Waals surface area contributed by atoms with Gasteiger partial charge in [-0.2, -0.15) is 0 Å². The smallest absolute Gasteiger partial charge is 0.180 e. The molecule has 1 N–H and O–H groups in total. The minimum absolute atomic E-state index is 0.511. The van der Waals surface area contributed by atoms with Gasteiger partial charge in [0, 0.05) is 29.8 Å². The highest BCUT2D eigenvalue weighted by Crippen LogP contribution is 2.25. The SMILES string of the molecule is C/C=c1/cc(-c2cn3ccnc3c(Nc3ccc(C(C)C)cc3)n2)cc/c1=C\CCC. The Labute approximate surface area is 184 Å². The van der Waals surface area contributed by atoms with Gasteiger partial charge in [0.15, 0.2) is 11.5 Å². The maximum absolute atomic E-state index is 4.94. The van der Waals surface area contributed by atoms with E-state index in [-0.39, 0.29) is 0 Å². The van der Waals surface area contributed by atoms with Crippen molar-refractivity contribution in [2.24, 2.45) is 0 Å². The number of nitrogens with zero attached hydrogens (tertiary/aromatic N) is 3. The van der Waals surface area contributed by atoms with Gasteiger partial charge in [0.2, 0.25) is 0 Å². The fourth-order valence-electron chi connectivity index (χ4n) is 3.71. The monoisotopic (exact) mass is 410 g/mol. The molecule has 0 radical (unpaired) electrons. The Kier molecular flexibility index (Phi) is 6.17. The molecule has 0 saturated carbocycles. The van der Waals surface area contributed by atoms with Crippen LogP contribution in [0.25, 0.3) is 29.1 Å². The number of anilines is 2. The number of unbranched alkanes of at least 4 members (excludes halogenated alkanes) is 1. The summed E-state index contributed by atoms with van der Waals surface area (Å²) < 4.78 is 2.03. The molecule has 0 aliphatic carbocycles. The number of rotatable bonds is 6. The normalized spacial score (nSPS) is 12.8. The van der Waals surface area contributed by atoms with E-state index in [1.54, 1.807) is 0 Å². The summed E-state index contributed by atoms with van der Waals surface area (Å²) in [5, 5.41) is 5.98. The summed E-state index contributed by atoms with van der Waals surface area (Å²) in [6.45, 7) is 8.70. The van der Waals surface area contributed by atoms with E-state index in [1.807, 2.05) is 23.0 Å². The second kappa shape index (κ2) is 9.17. The molecule has 0 bridgehead atoms. The van der Waals surface area contributed by atoms with Crippen LogP contribution in [0.2, 0.25) is 0 Å². The molecule has 0 saturated heterocycles. The van der Waals surface area contributed by atoms with Crippen molar-refractivity contribution in [2.45, 2.75) is 46.5 Å². The molecule has 0 aliphatic heterocycles. The molecule has 0 atom stereocenters. The minimum Gasteiger partial charge on any atom is -0.337 e. The molecule has 31 heavy (non-hydrogen) atoms. The number of nitrogens with one attached hydrogen (secondary N) is 1. The molecule has 0 spiro atoms. The van der Waals surface area contributed by atoms with E-state index in [1.165, 1.54) is 16.0 Å². The maximum Gasteiger partial charge on any atom is 0.180 e. The van der Waals surface area contributed by atoms with Crippen molar-refractivity contribution in [2.75, 3.05) is 5.32 Å². The van der Waals surface area contributed by atoms with Crippen LogP contribution in [0.15, 0.2) is 61.1 Å². The van der Waals surface area contributed by atoms with Gasteiger partial charge in [-0.3, -0.25) is 0 Å². The third kappa shape index (κ3) is 4.53. The zero-order valence-corrected chi connectivity index (χ0v) is 18.8. The van der Waals surface area contributed by atoms with Crippen LogP contribution in [-0.2, 0) is 0 Å². The van der Waals surface area contributed by atoms with Crippen molar-refractivity contribution in [3.05, 3.63) is 77.1 Å². The van der Waals surface area contributed by atoms with Gasteiger partial charge in [-0.05, 0) is 53.5 Å². The summed E-state index contributed by atoms with van der Waals surface area (Å²) in [6.07, 6.45) is 12.5. The molecular weight excluding hydrogens is 380 g/mol. The highest BCUT2D eigenvalue weighted by Gasteiger charge is 2.10. The summed E-state index contributed by atoms with van der Waals surface area (Å²) in [6, 6.07) is 15.1. The van der Waals surface area contributed by atoms with Gasteiger partial charge in [-0.1, -0.05) is 63.6 Å². The first-order valence-corrected chi connectivity index (χ1v) is 11.1. The second-order valence-electron chi connectivity index (χ2n) is 8.16. The lowest BCUT2D eigenvalue weighted by molar-refractivity contribution is 0.867. The van der Waals surface area contributed by atoms with Crippen LogP contribution in [0.3, 0.4) is 0 Å². The number of benzene rings is 2. The van der Waals surface area contributed by atoms with Crippen LogP contribution < -0.4 is 15.8 Å². The first-order valence-electron chi connectivity index (χ1n) is 11.1. The molecule has 0 unspecified atom stereocenters. The fraction of sp³-hybridized carbons (Fsp3) is 0.259. The second-order valence-corrected chi connectivity index (χ2v) is 8.16. The van der Waals surface area contributed by atoms with E-state index in [0.29, 0.717) is 5.92 Å². The van der Waals surface area contributed by atoms with Gasteiger partial charge in [0.1, 0.15) is 0 Å². The van der Waals surface area contributed by atoms with E-state index in [9.17, 15) is 0 Å². The minimum atomic E-state index is 0.511. The molecule has 158 valence electrons. The first-order chi connectivity index (χ1) is 15.1. The Bertz CT molecular complexity index is 1300. The van der Waals surface area contributed by atoms with Crippen molar-refractivity contribution in [3.8, 4) is 11.3 Å². The van der Waals surface area contributed by atoms with Crippen LogP contribution in [0.4, 0.5) is 11.5 Å². The van der Waals surface area contributed by atoms with E-state index in [4.69, 9.17) is 4.98 Å². The molecule has 2 heterocycles. The third-order valence-corrected chi connectivity index (χ3v) is 5.56. The van der Waals surface area contributed by atoms with Crippen LogP contribution in [-0.4, -0.2) is 14.4 Å². The molecule has 4 aromatic rings. The molecule has 4 rings (SSSR count). The molecule has 4 heteroatoms. The average molecular weight is 411 g/mol. The molecule has 2 aromatic heterocycles. The predicted octanol–water partition coefficient (Wildman–Crippen LogP) is 5.64. The Morgan fingerprint density at radius 3 is 2.58 bits per heavy atom. The number of imidazole rings is 1. The lowest BCUT2D eigenvalue weighted by Gasteiger charge is -2.11. The lowest BCUT2D eigenvalue weighted by atomic mass is 10.0. The van der Waals surface area contributed by atoms with Crippen LogP contribution >= 0.6 is 0 Å². The lowest BCUT2D eigenvalue weighted by Crippen LogP contribution is -2.24. The van der Waals surface area contributed by atoms with Crippen LogP contribution in [0.5, 0.6) is 0 Å². The standard InChI is InChI=1S/C27H30N4/c1-5-7-8-22-9-10-23(17-20(22)6-2)25-18-31-16-15-28-27(31)26(30-25)29-24-13-11-21(12-14-24)19(3)4/h6,8-19H,5,7H2,1-4H3,(H,29,30)/b20-6-,22-8+.